The van der Waals surface area contributed by atoms with E-state index in [4.69, 9.17) is 4.42 Å². The summed E-state index contributed by atoms with van der Waals surface area (Å²) in [5.41, 5.74) is 1.81. The molecule has 18 heavy (non-hydrogen) atoms. The third-order valence-electron chi connectivity index (χ3n) is 3.45. The first-order valence-corrected chi connectivity index (χ1v) is 6.53. The standard InChI is InChI=1S/C15H20FNO/c1-4-5-6-13(17-3)15-10(2)12-9-11(16)7-8-14(12)18-15/h7-9,13,17H,4-6H2,1-3H3. The van der Waals surface area contributed by atoms with Crippen molar-refractivity contribution < 1.29 is 8.81 Å². The number of rotatable bonds is 5. The van der Waals surface area contributed by atoms with Crippen LogP contribution in [-0.2, 0) is 0 Å². The van der Waals surface area contributed by atoms with Gasteiger partial charge in [-0.3, -0.25) is 0 Å². The van der Waals surface area contributed by atoms with Gasteiger partial charge in [-0.15, -0.1) is 0 Å². The van der Waals surface area contributed by atoms with Gasteiger partial charge in [0.1, 0.15) is 17.2 Å². The normalized spacial score (nSPS) is 13.1. The molecule has 2 aromatic rings. The molecule has 0 aliphatic heterocycles. The number of unbranched alkanes of at least 4 members (excludes halogenated alkanes) is 1. The molecule has 0 spiro atoms. The molecule has 0 fully saturated rings. The van der Waals surface area contributed by atoms with Crippen LogP contribution >= 0.6 is 0 Å². The van der Waals surface area contributed by atoms with Crippen LogP contribution in [0.1, 0.15) is 43.6 Å². The van der Waals surface area contributed by atoms with Crippen LogP contribution < -0.4 is 5.32 Å². The van der Waals surface area contributed by atoms with Crippen molar-refractivity contribution in [1.82, 2.24) is 5.32 Å². The Labute approximate surface area is 107 Å². The van der Waals surface area contributed by atoms with E-state index in [1.54, 1.807) is 12.1 Å². The van der Waals surface area contributed by atoms with Crippen molar-refractivity contribution in [1.29, 1.82) is 0 Å². The maximum absolute atomic E-state index is 13.3. The van der Waals surface area contributed by atoms with Gasteiger partial charge in [0, 0.05) is 10.9 Å². The van der Waals surface area contributed by atoms with E-state index in [9.17, 15) is 4.39 Å². The van der Waals surface area contributed by atoms with Crippen molar-refractivity contribution in [2.75, 3.05) is 7.05 Å². The number of benzene rings is 1. The van der Waals surface area contributed by atoms with Crippen molar-refractivity contribution in [2.45, 2.75) is 39.2 Å². The first-order chi connectivity index (χ1) is 8.67. The first kappa shape index (κ1) is 13.1. The molecular formula is C15H20FNO. The Morgan fingerprint density at radius 2 is 2.17 bits per heavy atom. The largest absolute Gasteiger partial charge is 0.459 e. The van der Waals surface area contributed by atoms with Gasteiger partial charge in [0.05, 0.1) is 6.04 Å². The Hall–Kier alpha value is -1.35. The minimum atomic E-state index is -0.215. The number of halogens is 1. The third kappa shape index (κ3) is 2.41. The lowest BCUT2D eigenvalue weighted by Gasteiger charge is -2.13. The Morgan fingerprint density at radius 1 is 1.39 bits per heavy atom. The molecule has 1 N–H and O–H groups in total. The summed E-state index contributed by atoms with van der Waals surface area (Å²) in [7, 11) is 1.94. The van der Waals surface area contributed by atoms with Gasteiger partial charge in [-0.05, 0) is 38.6 Å². The number of nitrogens with one attached hydrogen (secondary N) is 1. The minimum Gasteiger partial charge on any atom is -0.459 e. The predicted octanol–water partition coefficient (Wildman–Crippen LogP) is 4.33. The molecule has 0 amide bonds. The average Bonchev–Trinajstić information content (AvgIpc) is 2.68. The van der Waals surface area contributed by atoms with Crippen LogP contribution in [0.2, 0.25) is 0 Å². The fourth-order valence-corrected chi connectivity index (χ4v) is 2.36. The second-order valence-electron chi connectivity index (χ2n) is 4.72. The number of aryl methyl sites for hydroxylation is 1. The molecule has 1 atom stereocenters. The second kappa shape index (κ2) is 5.53. The summed E-state index contributed by atoms with van der Waals surface area (Å²) in [6.07, 6.45) is 3.35. The molecule has 1 aromatic heterocycles. The van der Waals surface area contributed by atoms with Gasteiger partial charge in [-0.1, -0.05) is 19.8 Å². The summed E-state index contributed by atoms with van der Waals surface area (Å²) < 4.78 is 19.1. The smallest absolute Gasteiger partial charge is 0.134 e. The topological polar surface area (TPSA) is 25.2 Å². The Morgan fingerprint density at radius 3 is 2.83 bits per heavy atom. The number of hydrogen-bond acceptors (Lipinski definition) is 2. The molecule has 1 unspecified atom stereocenters. The molecule has 0 saturated carbocycles. The number of furan rings is 1. The van der Waals surface area contributed by atoms with Gasteiger partial charge in [-0.2, -0.15) is 0 Å². The summed E-state index contributed by atoms with van der Waals surface area (Å²) in [5.74, 6) is 0.721. The lowest BCUT2D eigenvalue weighted by atomic mass is 10.0. The van der Waals surface area contributed by atoms with Crippen molar-refractivity contribution in [3.63, 3.8) is 0 Å². The van der Waals surface area contributed by atoms with Gasteiger partial charge in [0.15, 0.2) is 0 Å². The summed E-state index contributed by atoms with van der Waals surface area (Å²) in [6.45, 7) is 4.17. The molecule has 0 bridgehead atoms. The molecule has 3 heteroatoms. The zero-order valence-electron chi connectivity index (χ0n) is 11.2. The highest BCUT2D eigenvalue weighted by atomic mass is 19.1. The van der Waals surface area contributed by atoms with Crippen LogP contribution in [0.15, 0.2) is 22.6 Å². The summed E-state index contributed by atoms with van der Waals surface area (Å²) in [5, 5.41) is 4.16. The van der Waals surface area contributed by atoms with E-state index in [0.717, 1.165) is 41.6 Å². The van der Waals surface area contributed by atoms with E-state index >= 15 is 0 Å². The van der Waals surface area contributed by atoms with Crippen molar-refractivity contribution >= 4 is 11.0 Å². The van der Waals surface area contributed by atoms with E-state index < -0.39 is 0 Å². The Kier molecular flexibility index (Phi) is 4.02. The molecule has 2 rings (SSSR count). The van der Waals surface area contributed by atoms with Crippen molar-refractivity contribution in [3.8, 4) is 0 Å². The molecule has 98 valence electrons. The number of fused-ring (bicyclic) bond motifs is 1. The highest BCUT2D eigenvalue weighted by Gasteiger charge is 2.18. The van der Waals surface area contributed by atoms with Crippen LogP contribution in [-0.4, -0.2) is 7.05 Å². The molecule has 0 aliphatic carbocycles. The van der Waals surface area contributed by atoms with E-state index in [-0.39, 0.29) is 11.9 Å². The van der Waals surface area contributed by atoms with Crippen LogP contribution in [0.25, 0.3) is 11.0 Å². The average molecular weight is 249 g/mol. The van der Waals surface area contributed by atoms with Gasteiger partial charge in [0.2, 0.25) is 0 Å². The van der Waals surface area contributed by atoms with Gasteiger partial charge in [0.25, 0.3) is 0 Å². The zero-order valence-corrected chi connectivity index (χ0v) is 11.2. The van der Waals surface area contributed by atoms with Crippen LogP contribution in [0.5, 0.6) is 0 Å². The van der Waals surface area contributed by atoms with E-state index in [0.29, 0.717) is 0 Å². The first-order valence-electron chi connectivity index (χ1n) is 6.53. The molecular weight excluding hydrogens is 229 g/mol. The highest BCUT2D eigenvalue weighted by molar-refractivity contribution is 5.82. The summed E-state index contributed by atoms with van der Waals surface area (Å²) in [6, 6.07) is 4.90. The Balaban J connectivity index is 2.40. The van der Waals surface area contributed by atoms with Crippen LogP contribution in [0, 0.1) is 12.7 Å². The minimum absolute atomic E-state index is 0.209. The summed E-state index contributed by atoms with van der Waals surface area (Å²) in [4.78, 5) is 0. The lowest BCUT2D eigenvalue weighted by Crippen LogP contribution is -2.16. The molecule has 1 aromatic carbocycles. The summed E-state index contributed by atoms with van der Waals surface area (Å²) >= 11 is 0. The van der Waals surface area contributed by atoms with E-state index in [1.165, 1.54) is 6.07 Å². The van der Waals surface area contributed by atoms with E-state index in [1.807, 2.05) is 14.0 Å². The van der Waals surface area contributed by atoms with Gasteiger partial charge in [-0.25, -0.2) is 4.39 Å². The maximum atomic E-state index is 13.3. The second-order valence-corrected chi connectivity index (χ2v) is 4.72. The zero-order chi connectivity index (χ0) is 13.1. The van der Waals surface area contributed by atoms with Gasteiger partial charge >= 0.3 is 0 Å². The lowest BCUT2D eigenvalue weighted by molar-refractivity contribution is 0.420. The molecule has 1 heterocycles. The van der Waals surface area contributed by atoms with Crippen molar-refractivity contribution in [2.24, 2.45) is 0 Å². The monoisotopic (exact) mass is 249 g/mol. The molecule has 0 saturated heterocycles. The fraction of sp³-hybridized carbons (Fsp3) is 0.467. The number of hydrogen-bond donors (Lipinski definition) is 1. The SMILES string of the molecule is CCCCC(NC)c1oc2ccc(F)cc2c1C. The van der Waals surface area contributed by atoms with E-state index in [2.05, 4.69) is 12.2 Å². The molecule has 2 nitrogen and oxygen atoms in total. The fourth-order valence-electron chi connectivity index (χ4n) is 2.36. The predicted molar refractivity (Wildman–Crippen MR) is 72.2 cm³/mol. The quantitative estimate of drug-likeness (QED) is 0.853. The Bertz CT molecular complexity index is 533. The molecule has 0 radical (unpaired) electrons. The van der Waals surface area contributed by atoms with Crippen molar-refractivity contribution in [3.05, 3.63) is 35.3 Å². The van der Waals surface area contributed by atoms with Crippen LogP contribution in [0.3, 0.4) is 0 Å². The molecule has 0 aliphatic rings. The van der Waals surface area contributed by atoms with Gasteiger partial charge < -0.3 is 9.73 Å². The maximum Gasteiger partial charge on any atom is 0.134 e. The highest BCUT2D eigenvalue weighted by Crippen LogP contribution is 2.31. The third-order valence-corrected chi connectivity index (χ3v) is 3.45. The van der Waals surface area contributed by atoms with Crippen LogP contribution in [0.4, 0.5) is 4.39 Å².